The van der Waals surface area contributed by atoms with Crippen LogP contribution in [0.15, 0.2) is 46.7 Å². The number of aromatic nitrogens is 2. The van der Waals surface area contributed by atoms with E-state index in [1.54, 1.807) is 35.8 Å². The number of hydrogen-bond donors (Lipinski definition) is 1. The maximum absolute atomic E-state index is 11.6. The van der Waals surface area contributed by atoms with Crippen LogP contribution in [0.1, 0.15) is 11.5 Å². The summed E-state index contributed by atoms with van der Waals surface area (Å²) >= 11 is 1.56. The fraction of sp³-hybridized carbons (Fsp3) is 0.0769. The molecule has 3 aromatic heterocycles. The number of carbonyl (C=O) groups is 1. The predicted octanol–water partition coefficient (Wildman–Crippen LogP) is 2.32. The standard InChI is InChI=1S/C13H11N3O2S/c17-12(4-3-11-2-1-6-18-11)14-8-10-9-16-5-7-19-13(16)15-10/h1-7,9H,8H2,(H,14,17). The Labute approximate surface area is 113 Å². The van der Waals surface area contributed by atoms with Crippen molar-refractivity contribution in [3.8, 4) is 0 Å². The molecule has 19 heavy (non-hydrogen) atoms. The van der Waals surface area contributed by atoms with E-state index in [0.29, 0.717) is 12.3 Å². The molecule has 0 spiro atoms. The molecule has 0 bridgehead atoms. The van der Waals surface area contributed by atoms with Gasteiger partial charge >= 0.3 is 0 Å². The van der Waals surface area contributed by atoms with Gasteiger partial charge in [-0.25, -0.2) is 4.98 Å². The summed E-state index contributed by atoms with van der Waals surface area (Å²) in [6.45, 7) is 0.412. The molecule has 0 atom stereocenters. The average molecular weight is 273 g/mol. The fourth-order valence-electron chi connectivity index (χ4n) is 1.64. The van der Waals surface area contributed by atoms with Gasteiger partial charge < -0.3 is 9.73 Å². The molecule has 0 aromatic carbocycles. The molecule has 1 amide bonds. The number of furan rings is 1. The molecule has 0 aliphatic carbocycles. The van der Waals surface area contributed by atoms with Crippen molar-refractivity contribution >= 4 is 28.3 Å². The van der Waals surface area contributed by atoms with E-state index in [0.717, 1.165) is 10.7 Å². The second-order valence-corrected chi connectivity index (χ2v) is 4.76. The fourth-order valence-corrected chi connectivity index (χ4v) is 2.36. The van der Waals surface area contributed by atoms with Gasteiger partial charge in [0.1, 0.15) is 5.76 Å². The summed E-state index contributed by atoms with van der Waals surface area (Å²) in [5.41, 5.74) is 0.839. The van der Waals surface area contributed by atoms with Gasteiger partial charge in [-0.1, -0.05) is 0 Å². The lowest BCUT2D eigenvalue weighted by Gasteiger charge is -1.97. The van der Waals surface area contributed by atoms with Crippen LogP contribution in [0.4, 0.5) is 0 Å². The molecule has 0 fully saturated rings. The van der Waals surface area contributed by atoms with Gasteiger partial charge in [-0.15, -0.1) is 11.3 Å². The van der Waals surface area contributed by atoms with Gasteiger partial charge in [-0.05, 0) is 18.2 Å². The van der Waals surface area contributed by atoms with Crippen LogP contribution in [-0.4, -0.2) is 15.3 Å². The van der Waals surface area contributed by atoms with Crippen molar-refractivity contribution in [1.82, 2.24) is 14.7 Å². The SMILES string of the molecule is O=C(C=Cc1ccco1)NCc1cn2ccsc2n1. The molecule has 1 N–H and O–H groups in total. The summed E-state index contributed by atoms with van der Waals surface area (Å²) in [5, 5.41) is 4.74. The van der Waals surface area contributed by atoms with E-state index in [-0.39, 0.29) is 5.91 Å². The zero-order valence-corrected chi connectivity index (χ0v) is 10.8. The van der Waals surface area contributed by atoms with Crippen LogP contribution in [0.2, 0.25) is 0 Å². The summed E-state index contributed by atoms with van der Waals surface area (Å²) in [6.07, 6.45) is 8.48. The van der Waals surface area contributed by atoms with Gasteiger partial charge in [-0.3, -0.25) is 9.20 Å². The van der Waals surface area contributed by atoms with Gasteiger partial charge in [-0.2, -0.15) is 0 Å². The normalized spacial score (nSPS) is 11.4. The quantitative estimate of drug-likeness (QED) is 0.742. The van der Waals surface area contributed by atoms with Gasteiger partial charge in [0.2, 0.25) is 5.91 Å². The van der Waals surface area contributed by atoms with E-state index in [4.69, 9.17) is 4.42 Å². The highest BCUT2D eigenvalue weighted by Crippen LogP contribution is 2.11. The molecular formula is C13H11N3O2S. The van der Waals surface area contributed by atoms with E-state index in [1.807, 2.05) is 22.2 Å². The number of nitrogens with zero attached hydrogens (tertiary/aromatic N) is 2. The highest BCUT2D eigenvalue weighted by Gasteiger charge is 2.03. The van der Waals surface area contributed by atoms with Crippen LogP contribution in [0.25, 0.3) is 11.0 Å². The first kappa shape index (κ1) is 11.7. The highest BCUT2D eigenvalue weighted by atomic mass is 32.1. The smallest absolute Gasteiger partial charge is 0.244 e. The lowest BCUT2D eigenvalue weighted by molar-refractivity contribution is -0.116. The zero-order valence-electron chi connectivity index (χ0n) is 9.95. The number of fused-ring (bicyclic) bond motifs is 1. The van der Waals surface area contributed by atoms with Gasteiger partial charge in [0.25, 0.3) is 0 Å². The van der Waals surface area contributed by atoms with Gasteiger partial charge in [0, 0.05) is 23.8 Å². The molecule has 0 unspecified atom stereocenters. The Morgan fingerprint density at radius 2 is 2.53 bits per heavy atom. The Hall–Kier alpha value is -2.34. The van der Waals surface area contributed by atoms with E-state index in [2.05, 4.69) is 10.3 Å². The number of amides is 1. The Morgan fingerprint density at radius 3 is 3.32 bits per heavy atom. The van der Waals surface area contributed by atoms with Crippen LogP contribution < -0.4 is 5.32 Å². The first-order valence-corrected chi connectivity index (χ1v) is 6.60. The Bertz CT molecular complexity index is 681. The number of carbonyl (C=O) groups excluding carboxylic acids is 1. The maximum atomic E-state index is 11.6. The molecule has 0 aliphatic heterocycles. The third kappa shape index (κ3) is 2.74. The minimum absolute atomic E-state index is 0.173. The Balaban J connectivity index is 1.57. The van der Waals surface area contributed by atoms with E-state index < -0.39 is 0 Å². The number of imidazole rings is 1. The molecule has 96 valence electrons. The van der Waals surface area contributed by atoms with Crippen LogP contribution in [0.5, 0.6) is 0 Å². The number of rotatable bonds is 4. The number of hydrogen-bond acceptors (Lipinski definition) is 4. The van der Waals surface area contributed by atoms with Crippen molar-refractivity contribution in [3.63, 3.8) is 0 Å². The average Bonchev–Trinajstić information content (AvgIpc) is 3.09. The van der Waals surface area contributed by atoms with E-state index >= 15 is 0 Å². The van der Waals surface area contributed by atoms with Crippen molar-refractivity contribution in [2.45, 2.75) is 6.54 Å². The topological polar surface area (TPSA) is 59.5 Å². The first-order valence-electron chi connectivity index (χ1n) is 5.72. The van der Waals surface area contributed by atoms with Crippen molar-refractivity contribution in [2.24, 2.45) is 0 Å². The summed E-state index contributed by atoms with van der Waals surface area (Å²) in [5.74, 6) is 0.477. The van der Waals surface area contributed by atoms with Crippen LogP contribution in [0, 0.1) is 0 Å². The third-order valence-corrected chi connectivity index (χ3v) is 3.30. The maximum Gasteiger partial charge on any atom is 0.244 e. The van der Waals surface area contributed by atoms with Crippen LogP contribution >= 0.6 is 11.3 Å². The van der Waals surface area contributed by atoms with Crippen molar-refractivity contribution in [3.05, 3.63) is 53.7 Å². The monoisotopic (exact) mass is 273 g/mol. The van der Waals surface area contributed by atoms with Crippen molar-refractivity contribution < 1.29 is 9.21 Å². The molecule has 5 nitrogen and oxygen atoms in total. The molecule has 6 heteroatoms. The predicted molar refractivity (Wildman–Crippen MR) is 72.7 cm³/mol. The Kier molecular flexibility index (Phi) is 3.16. The Morgan fingerprint density at radius 1 is 1.58 bits per heavy atom. The van der Waals surface area contributed by atoms with Gasteiger partial charge in [0.05, 0.1) is 18.5 Å². The van der Waals surface area contributed by atoms with Crippen molar-refractivity contribution in [2.75, 3.05) is 0 Å². The lowest BCUT2D eigenvalue weighted by Crippen LogP contribution is -2.20. The second kappa shape index (κ2) is 5.11. The summed E-state index contributed by atoms with van der Waals surface area (Å²) in [7, 11) is 0. The van der Waals surface area contributed by atoms with Gasteiger partial charge in [0.15, 0.2) is 4.96 Å². The second-order valence-electron chi connectivity index (χ2n) is 3.89. The van der Waals surface area contributed by atoms with E-state index in [1.165, 1.54) is 6.08 Å². The third-order valence-electron chi connectivity index (χ3n) is 2.53. The zero-order chi connectivity index (χ0) is 13.1. The molecular weight excluding hydrogens is 262 g/mol. The molecule has 0 saturated carbocycles. The first-order chi connectivity index (χ1) is 9.31. The number of thiazole rings is 1. The molecule has 3 aromatic rings. The summed E-state index contributed by atoms with van der Waals surface area (Å²) in [6, 6.07) is 3.56. The molecule has 3 heterocycles. The summed E-state index contributed by atoms with van der Waals surface area (Å²) in [4.78, 5) is 16.9. The summed E-state index contributed by atoms with van der Waals surface area (Å²) < 4.78 is 7.03. The molecule has 3 rings (SSSR count). The van der Waals surface area contributed by atoms with Crippen molar-refractivity contribution in [1.29, 1.82) is 0 Å². The molecule has 0 radical (unpaired) electrons. The lowest BCUT2D eigenvalue weighted by atomic mass is 10.4. The van der Waals surface area contributed by atoms with Crippen LogP contribution in [-0.2, 0) is 11.3 Å². The minimum Gasteiger partial charge on any atom is -0.465 e. The van der Waals surface area contributed by atoms with Crippen LogP contribution in [0.3, 0.4) is 0 Å². The molecule has 0 aliphatic rings. The minimum atomic E-state index is -0.173. The highest BCUT2D eigenvalue weighted by molar-refractivity contribution is 7.15. The number of nitrogens with one attached hydrogen (secondary N) is 1. The van der Waals surface area contributed by atoms with E-state index in [9.17, 15) is 4.79 Å². The molecule has 0 saturated heterocycles. The largest absolute Gasteiger partial charge is 0.465 e.